The molecule has 0 aliphatic heterocycles. The van der Waals surface area contributed by atoms with Gasteiger partial charge in [0.25, 0.3) is 0 Å². The minimum absolute atomic E-state index is 0.639. The molecule has 0 N–H and O–H groups in total. The monoisotopic (exact) mass is 224 g/mol. The zero-order chi connectivity index (χ0) is 11.5. The van der Waals surface area contributed by atoms with E-state index in [1.165, 1.54) is 37.7 Å². The van der Waals surface area contributed by atoms with Crippen molar-refractivity contribution in [2.24, 2.45) is 17.3 Å². The second kappa shape index (κ2) is 3.25. The van der Waals surface area contributed by atoms with Gasteiger partial charge in [-0.1, -0.05) is 35.9 Å². The lowest BCUT2D eigenvalue weighted by Gasteiger charge is -2.40. The van der Waals surface area contributed by atoms with E-state index in [-0.39, 0.29) is 0 Å². The van der Waals surface area contributed by atoms with Gasteiger partial charge in [0.15, 0.2) is 0 Å². The summed E-state index contributed by atoms with van der Waals surface area (Å²) in [5, 5.41) is 0. The first-order valence-corrected chi connectivity index (χ1v) is 7.02. The Hall–Kier alpha value is -1.04. The van der Waals surface area contributed by atoms with E-state index in [1.807, 2.05) is 0 Å². The van der Waals surface area contributed by atoms with E-state index in [2.05, 4.69) is 37.3 Å². The van der Waals surface area contributed by atoms with Crippen LogP contribution in [0.4, 0.5) is 0 Å². The average molecular weight is 224 g/mol. The van der Waals surface area contributed by atoms with E-state index in [0.29, 0.717) is 5.41 Å². The summed E-state index contributed by atoms with van der Waals surface area (Å²) in [6, 6.07) is 7.07. The molecule has 17 heavy (non-hydrogen) atoms. The smallest absolute Gasteiger partial charge is 0.0168 e. The van der Waals surface area contributed by atoms with Crippen LogP contribution in [0.15, 0.2) is 30.4 Å². The molecule has 3 unspecified atom stereocenters. The quantitative estimate of drug-likeness (QED) is 0.583. The summed E-state index contributed by atoms with van der Waals surface area (Å²) in [6.45, 7) is 2.22. The maximum atomic E-state index is 2.52. The van der Waals surface area contributed by atoms with Crippen LogP contribution in [0, 0.1) is 24.2 Å². The first-order valence-electron chi connectivity index (χ1n) is 7.02. The Labute approximate surface area is 104 Å². The van der Waals surface area contributed by atoms with Crippen LogP contribution in [0.5, 0.6) is 0 Å². The highest BCUT2D eigenvalue weighted by molar-refractivity contribution is 5.36. The Morgan fingerprint density at radius 1 is 1.18 bits per heavy atom. The summed E-state index contributed by atoms with van der Waals surface area (Å²) in [5.41, 5.74) is 5.34. The SMILES string of the molecule is Cc1ccc2c(c1)CC1(CC2)CC2C=CC1C2. The first-order chi connectivity index (χ1) is 8.25. The highest BCUT2D eigenvalue weighted by Crippen LogP contribution is 2.57. The van der Waals surface area contributed by atoms with Gasteiger partial charge >= 0.3 is 0 Å². The molecule has 0 nitrogen and oxygen atoms in total. The van der Waals surface area contributed by atoms with Crippen molar-refractivity contribution in [1.29, 1.82) is 0 Å². The van der Waals surface area contributed by atoms with Gasteiger partial charge in [-0.05, 0) is 67.4 Å². The second-order valence-electron chi connectivity index (χ2n) is 6.50. The molecule has 3 atom stereocenters. The number of allylic oxidation sites excluding steroid dienone is 2. The zero-order valence-electron chi connectivity index (χ0n) is 10.6. The number of rotatable bonds is 0. The Balaban J connectivity index is 1.73. The van der Waals surface area contributed by atoms with Gasteiger partial charge in [0.1, 0.15) is 0 Å². The number of hydrogen-bond donors (Lipinski definition) is 0. The Morgan fingerprint density at radius 3 is 2.88 bits per heavy atom. The minimum atomic E-state index is 0.639. The van der Waals surface area contributed by atoms with Gasteiger partial charge in [0.05, 0.1) is 0 Å². The van der Waals surface area contributed by atoms with Crippen LogP contribution in [-0.4, -0.2) is 0 Å². The molecular formula is C17H20. The molecule has 1 fully saturated rings. The van der Waals surface area contributed by atoms with Crippen molar-refractivity contribution in [3.05, 3.63) is 47.0 Å². The Morgan fingerprint density at radius 2 is 2.12 bits per heavy atom. The van der Waals surface area contributed by atoms with Crippen LogP contribution in [0.1, 0.15) is 36.0 Å². The Kier molecular flexibility index (Phi) is 1.90. The highest BCUT2D eigenvalue weighted by Gasteiger charge is 2.49. The van der Waals surface area contributed by atoms with E-state index in [0.717, 1.165) is 11.8 Å². The summed E-state index contributed by atoms with van der Waals surface area (Å²) in [5.74, 6) is 1.80. The van der Waals surface area contributed by atoms with Crippen molar-refractivity contribution >= 4 is 0 Å². The molecule has 1 spiro atoms. The Bertz CT molecular complexity index is 497. The number of benzene rings is 1. The van der Waals surface area contributed by atoms with Crippen molar-refractivity contribution in [3.8, 4) is 0 Å². The molecule has 3 aliphatic rings. The third-order valence-corrected chi connectivity index (χ3v) is 5.42. The maximum Gasteiger partial charge on any atom is -0.0168 e. The van der Waals surface area contributed by atoms with Crippen LogP contribution in [0.3, 0.4) is 0 Å². The van der Waals surface area contributed by atoms with Crippen LogP contribution >= 0.6 is 0 Å². The summed E-state index contributed by atoms with van der Waals surface area (Å²) in [6.07, 6.45) is 12.0. The molecule has 0 heteroatoms. The molecule has 0 aromatic heterocycles. The van der Waals surface area contributed by atoms with Crippen molar-refractivity contribution in [2.75, 3.05) is 0 Å². The van der Waals surface area contributed by atoms with Crippen molar-refractivity contribution in [2.45, 2.75) is 39.0 Å². The van der Waals surface area contributed by atoms with E-state index in [4.69, 9.17) is 0 Å². The van der Waals surface area contributed by atoms with Gasteiger partial charge in [-0.3, -0.25) is 0 Å². The first kappa shape index (κ1) is 9.94. The number of hydrogen-bond acceptors (Lipinski definition) is 0. The lowest BCUT2D eigenvalue weighted by molar-refractivity contribution is 0.195. The number of aryl methyl sites for hydroxylation is 2. The van der Waals surface area contributed by atoms with Crippen LogP contribution < -0.4 is 0 Å². The lowest BCUT2D eigenvalue weighted by Crippen LogP contribution is -2.32. The van der Waals surface area contributed by atoms with E-state index in [9.17, 15) is 0 Å². The fourth-order valence-corrected chi connectivity index (χ4v) is 4.56. The molecular weight excluding hydrogens is 204 g/mol. The second-order valence-corrected chi connectivity index (χ2v) is 6.50. The van der Waals surface area contributed by atoms with E-state index < -0.39 is 0 Å². The summed E-state index contributed by atoms with van der Waals surface area (Å²) in [4.78, 5) is 0. The third kappa shape index (κ3) is 1.36. The molecule has 1 saturated carbocycles. The molecule has 0 heterocycles. The average Bonchev–Trinajstić information content (AvgIpc) is 2.88. The van der Waals surface area contributed by atoms with Gasteiger partial charge in [0, 0.05) is 0 Å². The molecule has 0 saturated heterocycles. The predicted octanol–water partition coefficient (Wildman–Crippen LogP) is 4.07. The summed E-state index contributed by atoms with van der Waals surface area (Å²) in [7, 11) is 0. The van der Waals surface area contributed by atoms with E-state index >= 15 is 0 Å². The lowest BCUT2D eigenvalue weighted by atomic mass is 9.64. The fourth-order valence-electron chi connectivity index (χ4n) is 4.56. The molecule has 1 aromatic carbocycles. The van der Waals surface area contributed by atoms with E-state index in [1.54, 1.807) is 11.1 Å². The largest absolute Gasteiger partial charge is 0.0851 e. The van der Waals surface area contributed by atoms with Gasteiger partial charge in [-0.15, -0.1) is 0 Å². The molecule has 3 aliphatic carbocycles. The molecule has 0 radical (unpaired) electrons. The normalized spacial score (nSPS) is 37.7. The third-order valence-electron chi connectivity index (χ3n) is 5.42. The van der Waals surface area contributed by atoms with Crippen molar-refractivity contribution in [1.82, 2.24) is 0 Å². The van der Waals surface area contributed by atoms with Gasteiger partial charge < -0.3 is 0 Å². The highest BCUT2D eigenvalue weighted by atomic mass is 14.5. The zero-order valence-corrected chi connectivity index (χ0v) is 10.6. The standard InChI is InChI=1S/C17H20/c1-12-2-4-14-6-7-17(11-15(14)8-12)10-13-3-5-16(17)9-13/h2-5,8,13,16H,6-7,9-11H2,1H3. The summed E-state index contributed by atoms with van der Waals surface area (Å²) < 4.78 is 0. The molecule has 0 amide bonds. The van der Waals surface area contributed by atoms with Gasteiger partial charge in [-0.25, -0.2) is 0 Å². The molecule has 88 valence electrons. The summed E-state index contributed by atoms with van der Waals surface area (Å²) >= 11 is 0. The fraction of sp³-hybridized carbons (Fsp3) is 0.529. The predicted molar refractivity (Wildman–Crippen MR) is 71.0 cm³/mol. The number of fused-ring (bicyclic) bond motifs is 4. The maximum absolute atomic E-state index is 2.52. The van der Waals surface area contributed by atoms with Gasteiger partial charge in [-0.2, -0.15) is 0 Å². The van der Waals surface area contributed by atoms with Gasteiger partial charge in [0.2, 0.25) is 0 Å². The van der Waals surface area contributed by atoms with Crippen LogP contribution in [0.25, 0.3) is 0 Å². The van der Waals surface area contributed by atoms with Crippen molar-refractivity contribution < 1.29 is 0 Å². The molecule has 2 bridgehead atoms. The minimum Gasteiger partial charge on any atom is -0.0851 e. The van der Waals surface area contributed by atoms with Crippen LogP contribution in [0.2, 0.25) is 0 Å². The topological polar surface area (TPSA) is 0 Å². The molecule has 4 rings (SSSR count). The molecule has 1 aromatic rings. The van der Waals surface area contributed by atoms with Crippen molar-refractivity contribution in [3.63, 3.8) is 0 Å². The van der Waals surface area contributed by atoms with Crippen LogP contribution in [-0.2, 0) is 12.8 Å².